The summed E-state index contributed by atoms with van der Waals surface area (Å²) in [6.07, 6.45) is 10.3. The molecule has 0 saturated heterocycles. The van der Waals surface area contributed by atoms with Gasteiger partial charge in [0.05, 0.1) is 0 Å². The predicted octanol–water partition coefficient (Wildman–Crippen LogP) is 4.55. The van der Waals surface area contributed by atoms with Gasteiger partial charge >= 0.3 is 0 Å². The quantitative estimate of drug-likeness (QED) is 0.548. The zero-order chi connectivity index (χ0) is 12.6. The van der Waals surface area contributed by atoms with Crippen LogP contribution in [0.3, 0.4) is 0 Å². The van der Waals surface area contributed by atoms with E-state index in [4.69, 9.17) is 0 Å². The number of hydrogen-bond acceptors (Lipinski definition) is 1. The fourth-order valence-electron chi connectivity index (χ4n) is 2.93. The maximum Gasteiger partial charge on any atom is 0.133 e. The highest BCUT2D eigenvalue weighted by Crippen LogP contribution is 2.25. The normalized spacial score (nSPS) is 20.7. The maximum absolute atomic E-state index is 11.5. The summed E-state index contributed by atoms with van der Waals surface area (Å²) in [4.78, 5) is 11.5. The van der Waals surface area contributed by atoms with E-state index in [1.54, 1.807) is 0 Å². The van der Waals surface area contributed by atoms with Crippen LogP contribution in [0.15, 0.2) is 30.3 Å². The van der Waals surface area contributed by atoms with Gasteiger partial charge in [0, 0.05) is 12.8 Å². The SMILES string of the molecule is O=C1CCCC[C@H](CCCCc2ccccc2)C1. The monoisotopic (exact) mass is 244 g/mol. The molecule has 1 saturated carbocycles. The highest BCUT2D eigenvalue weighted by atomic mass is 16.1. The van der Waals surface area contributed by atoms with Crippen molar-refractivity contribution in [3.8, 4) is 0 Å². The van der Waals surface area contributed by atoms with E-state index in [1.165, 1.54) is 44.1 Å². The van der Waals surface area contributed by atoms with Gasteiger partial charge in [-0.15, -0.1) is 0 Å². The van der Waals surface area contributed by atoms with Crippen LogP contribution in [0.5, 0.6) is 0 Å². The van der Waals surface area contributed by atoms with Gasteiger partial charge in [0.25, 0.3) is 0 Å². The van der Waals surface area contributed by atoms with Gasteiger partial charge in [-0.05, 0) is 30.7 Å². The van der Waals surface area contributed by atoms with Gasteiger partial charge in [0.15, 0.2) is 0 Å². The predicted molar refractivity (Wildman–Crippen MR) is 75.6 cm³/mol. The van der Waals surface area contributed by atoms with Crippen LogP contribution in [0.2, 0.25) is 0 Å². The van der Waals surface area contributed by atoms with Crippen LogP contribution in [-0.4, -0.2) is 5.78 Å². The van der Waals surface area contributed by atoms with E-state index in [0.29, 0.717) is 11.7 Å². The van der Waals surface area contributed by atoms with Crippen molar-refractivity contribution >= 4 is 5.78 Å². The van der Waals surface area contributed by atoms with E-state index in [2.05, 4.69) is 30.3 Å². The number of unbranched alkanes of at least 4 members (excludes halogenated alkanes) is 1. The van der Waals surface area contributed by atoms with Gasteiger partial charge < -0.3 is 0 Å². The van der Waals surface area contributed by atoms with Crippen molar-refractivity contribution in [2.24, 2.45) is 5.92 Å². The standard InChI is InChI=1S/C17H24O/c18-17-13-7-6-12-16(14-17)11-5-4-10-15-8-2-1-3-9-15/h1-3,8-9,16H,4-7,10-14H2/t16-/m0/s1. The minimum atomic E-state index is 0.501. The van der Waals surface area contributed by atoms with Crippen molar-refractivity contribution in [3.63, 3.8) is 0 Å². The van der Waals surface area contributed by atoms with Crippen molar-refractivity contribution in [1.82, 2.24) is 0 Å². The number of aryl methyl sites for hydroxylation is 1. The zero-order valence-corrected chi connectivity index (χ0v) is 11.2. The summed E-state index contributed by atoms with van der Waals surface area (Å²) in [7, 11) is 0. The molecule has 0 aromatic heterocycles. The molecule has 1 atom stereocenters. The number of ketones is 1. The van der Waals surface area contributed by atoms with Crippen molar-refractivity contribution in [3.05, 3.63) is 35.9 Å². The Balaban J connectivity index is 1.64. The Morgan fingerprint density at radius 1 is 1.06 bits per heavy atom. The Morgan fingerprint density at radius 3 is 2.72 bits per heavy atom. The number of rotatable bonds is 5. The lowest BCUT2D eigenvalue weighted by Gasteiger charge is -2.12. The van der Waals surface area contributed by atoms with Crippen LogP contribution in [0, 0.1) is 5.92 Å². The first-order valence-electron chi connectivity index (χ1n) is 7.40. The molecule has 0 heterocycles. The van der Waals surface area contributed by atoms with Crippen molar-refractivity contribution < 1.29 is 4.79 Å². The van der Waals surface area contributed by atoms with E-state index in [-0.39, 0.29) is 0 Å². The van der Waals surface area contributed by atoms with Crippen molar-refractivity contribution in [1.29, 1.82) is 0 Å². The van der Waals surface area contributed by atoms with Crippen LogP contribution in [0.1, 0.15) is 56.9 Å². The molecule has 98 valence electrons. The second kappa shape index (κ2) is 7.35. The lowest BCUT2D eigenvalue weighted by atomic mass is 9.93. The minimum Gasteiger partial charge on any atom is -0.300 e. The maximum atomic E-state index is 11.5. The Hall–Kier alpha value is -1.11. The third-order valence-electron chi connectivity index (χ3n) is 4.00. The molecule has 0 radical (unpaired) electrons. The first-order chi connectivity index (χ1) is 8.84. The highest BCUT2D eigenvalue weighted by molar-refractivity contribution is 5.78. The largest absolute Gasteiger partial charge is 0.300 e. The Morgan fingerprint density at radius 2 is 1.89 bits per heavy atom. The van der Waals surface area contributed by atoms with E-state index < -0.39 is 0 Å². The second-order valence-corrected chi connectivity index (χ2v) is 5.59. The summed E-state index contributed by atoms with van der Waals surface area (Å²) in [5.41, 5.74) is 1.44. The lowest BCUT2D eigenvalue weighted by Crippen LogP contribution is -2.05. The van der Waals surface area contributed by atoms with E-state index in [1.807, 2.05) is 0 Å². The molecule has 1 fully saturated rings. The second-order valence-electron chi connectivity index (χ2n) is 5.59. The van der Waals surface area contributed by atoms with Crippen LogP contribution >= 0.6 is 0 Å². The summed E-state index contributed by atoms with van der Waals surface area (Å²) in [6.45, 7) is 0. The third kappa shape index (κ3) is 4.64. The van der Waals surface area contributed by atoms with Crippen LogP contribution < -0.4 is 0 Å². The lowest BCUT2D eigenvalue weighted by molar-refractivity contribution is -0.119. The van der Waals surface area contributed by atoms with Gasteiger partial charge in [0.1, 0.15) is 5.78 Å². The summed E-state index contributed by atoms with van der Waals surface area (Å²) in [5, 5.41) is 0. The minimum absolute atomic E-state index is 0.501. The Kier molecular flexibility index (Phi) is 5.44. The number of hydrogen-bond donors (Lipinski definition) is 0. The van der Waals surface area contributed by atoms with Crippen LogP contribution in [0.25, 0.3) is 0 Å². The van der Waals surface area contributed by atoms with E-state index in [0.717, 1.165) is 19.3 Å². The fourth-order valence-corrected chi connectivity index (χ4v) is 2.93. The Bertz CT molecular complexity index is 355. The molecule has 1 nitrogen and oxygen atoms in total. The van der Waals surface area contributed by atoms with Gasteiger partial charge in [-0.2, -0.15) is 0 Å². The number of benzene rings is 1. The molecule has 0 spiro atoms. The molecule has 0 bridgehead atoms. The summed E-state index contributed by atoms with van der Waals surface area (Å²) < 4.78 is 0. The van der Waals surface area contributed by atoms with E-state index >= 15 is 0 Å². The number of carbonyl (C=O) groups is 1. The topological polar surface area (TPSA) is 17.1 Å². The molecular weight excluding hydrogens is 220 g/mol. The molecule has 1 aliphatic carbocycles. The molecule has 0 aliphatic heterocycles. The molecule has 1 heteroatoms. The third-order valence-corrected chi connectivity index (χ3v) is 4.00. The average Bonchev–Trinajstić information content (AvgIpc) is 2.60. The van der Waals surface area contributed by atoms with Crippen molar-refractivity contribution in [2.45, 2.75) is 57.8 Å². The summed E-state index contributed by atoms with van der Waals surface area (Å²) >= 11 is 0. The average molecular weight is 244 g/mol. The molecule has 2 rings (SSSR count). The zero-order valence-electron chi connectivity index (χ0n) is 11.2. The fraction of sp³-hybridized carbons (Fsp3) is 0.588. The molecule has 0 amide bonds. The molecule has 1 aliphatic rings. The van der Waals surface area contributed by atoms with E-state index in [9.17, 15) is 4.79 Å². The molecule has 1 aromatic rings. The first-order valence-corrected chi connectivity index (χ1v) is 7.40. The summed E-state index contributed by atoms with van der Waals surface area (Å²) in [5.74, 6) is 1.18. The molecular formula is C17H24O. The molecule has 1 aromatic carbocycles. The number of Topliss-reactive ketones (excluding diaryl/α,β-unsaturated/α-hetero) is 1. The van der Waals surface area contributed by atoms with Crippen LogP contribution in [0.4, 0.5) is 0 Å². The first kappa shape index (κ1) is 13.3. The molecule has 18 heavy (non-hydrogen) atoms. The van der Waals surface area contributed by atoms with Gasteiger partial charge in [-0.25, -0.2) is 0 Å². The van der Waals surface area contributed by atoms with Crippen LogP contribution in [-0.2, 0) is 11.2 Å². The van der Waals surface area contributed by atoms with Crippen molar-refractivity contribution in [2.75, 3.05) is 0 Å². The summed E-state index contributed by atoms with van der Waals surface area (Å²) in [6, 6.07) is 10.7. The van der Waals surface area contributed by atoms with Gasteiger partial charge in [0.2, 0.25) is 0 Å². The number of carbonyl (C=O) groups excluding carboxylic acids is 1. The molecule has 0 unspecified atom stereocenters. The van der Waals surface area contributed by atoms with Gasteiger partial charge in [-0.3, -0.25) is 4.79 Å². The molecule has 0 N–H and O–H groups in total. The Labute approximate surface area is 111 Å². The van der Waals surface area contributed by atoms with Gasteiger partial charge in [-0.1, -0.05) is 56.0 Å². The highest BCUT2D eigenvalue weighted by Gasteiger charge is 2.16. The smallest absolute Gasteiger partial charge is 0.133 e.